The second-order valence-corrected chi connectivity index (χ2v) is 10.1. The molecule has 0 spiro atoms. The first-order chi connectivity index (χ1) is 14.0. The third-order valence-electron chi connectivity index (χ3n) is 8.18. The quantitative estimate of drug-likeness (QED) is 0.631. The number of hydrogen-bond acceptors (Lipinski definition) is 3. The van der Waals surface area contributed by atoms with Crippen LogP contribution in [0.4, 0.5) is 5.69 Å². The molecule has 156 valence electrons. The molecule has 4 heteroatoms. The summed E-state index contributed by atoms with van der Waals surface area (Å²) in [6.07, 6.45) is 7.49. The molecule has 2 saturated heterocycles. The highest BCUT2D eigenvalue weighted by molar-refractivity contribution is 5.76. The van der Waals surface area contributed by atoms with Crippen molar-refractivity contribution >= 4 is 11.7 Å². The third kappa shape index (κ3) is 3.50. The summed E-state index contributed by atoms with van der Waals surface area (Å²) in [5.41, 5.74) is 3.19. The molecular formula is C25H35N2O2+. The Morgan fingerprint density at radius 3 is 2.72 bits per heavy atom. The highest BCUT2D eigenvalue weighted by Gasteiger charge is 2.52. The van der Waals surface area contributed by atoms with Gasteiger partial charge in [0.15, 0.2) is 0 Å². The first-order valence-electron chi connectivity index (χ1n) is 11.6. The van der Waals surface area contributed by atoms with Gasteiger partial charge in [-0.15, -0.1) is 0 Å². The van der Waals surface area contributed by atoms with Gasteiger partial charge in [0, 0.05) is 11.6 Å². The van der Waals surface area contributed by atoms with Gasteiger partial charge in [-0.1, -0.05) is 50.1 Å². The number of benzene rings is 1. The normalized spacial score (nSPS) is 37.5. The number of carbonyl (C=O) groups is 1. The Hall–Kier alpha value is -1.81. The second kappa shape index (κ2) is 7.46. The number of rotatable bonds is 3. The van der Waals surface area contributed by atoms with Gasteiger partial charge in [-0.05, 0) is 42.7 Å². The molecule has 1 aromatic rings. The number of anilines is 1. The van der Waals surface area contributed by atoms with Crippen LogP contribution in [-0.2, 0) is 9.53 Å². The highest BCUT2D eigenvalue weighted by Crippen LogP contribution is 2.53. The number of nitrogens with zero attached hydrogens (tertiary/aromatic N) is 1. The number of quaternary nitrogens is 1. The fraction of sp³-hybridized carbons (Fsp3) is 0.640. The van der Waals surface area contributed by atoms with Crippen molar-refractivity contribution < 1.29 is 14.4 Å². The number of ether oxygens (including phenoxy) is 1. The zero-order valence-electron chi connectivity index (χ0n) is 17.9. The van der Waals surface area contributed by atoms with Gasteiger partial charge in [-0.2, -0.15) is 0 Å². The number of piperazine rings is 1. The summed E-state index contributed by atoms with van der Waals surface area (Å²) in [5, 5.41) is 0. The maximum absolute atomic E-state index is 12.8. The van der Waals surface area contributed by atoms with E-state index in [2.05, 4.69) is 55.2 Å². The van der Waals surface area contributed by atoms with Gasteiger partial charge in [0.2, 0.25) is 0 Å². The summed E-state index contributed by atoms with van der Waals surface area (Å²) < 4.78 is 5.95. The van der Waals surface area contributed by atoms with E-state index in [0.717, 1.165) is 39.1 Å². The van der Waals surface area contributed by atoms with Crippen LogP contribution in [0.25, 0.3) is 0 Å². The zero-order chi connectivity index (χ0) is 20.0. The van der Waals surface area contributed by atoms with E-state index in [-0.39, 0.29) is 23.4 Å². The van der Waals surface area contributed by atoms with Crippen LogP contribution in [-0.4, -0.2) is 44.8 Å². The molecule has 29 heavy (non-hydrogen) atoms. The number of para-hydroxylation sites is 1. The molecule has 4 nitrogen and oxygen atoms in total. The van der Waals surface area contributed by atoms with Crippen molar-refractivity contribution in [2.45, 2.75) is 45.6 Å². The number of fused-ring (bicyclic) bond motifs is 2. The summed E-state index contributed by atoms with van der Waals surface area (Å²) in [6, 6.07) is 10.7. The van der Waals surface area contributed by atoms with Gasteiger partial charge in [-0.3, -0.25) is 4.79 Å². The SMILES string of the molecule is C[C@@H]1CCC[C@]2(C)C[C@H]3OC(=O)[C@@H](C[NH+]4CCN(c5ccccc5)CC4)[C@H]3C=C12. The summed E-state index contributed by atoms with van der Waals surface area (Å²) in [5.74, 6) is 1.06. The van der Waals surface area contributed by atoms with E-state index in [9.17, 15) is 4.79 Å². The van der Waals surface area contributed by atoms with Gasteiger partial charge >= 0.3 is 5.97 Å². The number of hydrogen-bond donors (Lipinski definition) is 1. The molecule has 5 rings (SSSR count). The lowest BCUT2D eigenvalue weighted by Gasteiger charge is -2.46. The van der Waals surface area contributed by atoms with E-state index in [1.165, 1.54) is 24.9 Å². The van der Waals surface area contributed by atoms with Crippen molar-refractivity contribution in [3.63, 3.8) is 0 Å². The van der Waals surface area contributed by atoms with Crippen molar-refractivity contribution in [3.8, 4) is 0 Å². The fourth-order valence-electron chi connectivity index (χ4n) is 6.52. The zero-order valence-corrected chi connectivity index (χ0v) is 17.9. The molecule has 0 bridgehead atoms. The van der Waals surface area contributed by atoms with E-state index in [1.807, 2.05) is 0 Å². The minimum Gasteiger partial charge on any atom is -0.461 e. The van der Waals surface area contributed by atoms with Crippen LogP contribution in [0.2, 0.25) is 0 Å². The van der Waals surface area contributed by atoms with E-state index in [4.69, 9.17) is 4.74 Å². The highest BCUT2D eigenvalue weighted by atomic mass is 16.6. The summed E-state index contributed by atoms with van der Waals surface area (Å²) >= 11 is 0. The Morgan fingerprint density at radius 2 is 1.97 bits per heavy atom. The molecule has 4 aliphatic rings. The van der Waals surface area contributed by atoms with Crippen LogP contribution < -0.4 is 9.80 Å². The molecule has 2 heterocycles. The number of nitrogens with one attached hydrogen (secondary N) is 1. The first kappa shape index (κ1) is 19.2. The van der Waals surface area contributed by atoms with Crippen molar-refractivity contribution in [1.82, 2.24) is 0 Å². The standard InChI is InChI=1S/C25H34N2O2/c1-18-7-6-10-25(2)16-23-20(15-22(18)25)21(24(28)29-23)17-26-11-13-27(14-12-26)19-8-4-3-5-9-19/h3-5,8-9,15,18,20-21,23H,6-7,10-14,16-17H2,1-2H3/p+1/t18-,20-,21+,23-,25-/m1/s1. The topological polar surface area (TPSA) is 34.0 Å². The number of allylic oxidation sites excluding steroid dienone is 1. The van der Waals surface area contributed by atoms with Crippen LogP contribution in [0.15, 0.2) is 42.0 Å². The van der Waals surface area contributed by atoms with E-state index in [0.29, 0.717) is 11.8 Å². The van der Waals surface area contributed by atoms with E-state index >= 15 is 0 Å². The van der Waals surface area contributed by atoms with Gasteiger partial charge < -0.3 is 14.5 Å². The molecule has 1 aromatic carbocycles. The third-order valence-corrected chi connectivity index (χ3v) is 8.18. The van der Waals surface area contributed by atoms with Crippen molar-refractivity contribution in [3.05, 3.63) is 42.0 Å². The second-order valence-electron chi connectivity index (χ2n) is 10.1. The largest absolute Gasteiger partial charge is 0.461 e. The smallest absolute Gasteiger partial charge is 0.315 e. The molecule has 2 aliphatic carbocycles. The molecule has 0 aromatic heterocycles. The Morgan fingerprint density at radius 1 is 1.21 bits per heavy atom. The molecule has 1 N–H and O–H groups in total. The summed E-state index contributed by atoms with van der Waals surface area (Å²) in [6.45, 7) is 10.0. The molecular weight excluding hydrogens is 360 g/mol. The fourth-order valence-corrected chi connectivity index (χ4v) is 6.52. The lowest BCUT2D eigenvalue weighted by Crippen LogP contribution is -3.15. The molecule has 2 aliphatic heterocycles. The summed E-state index contributed by atoms with van der Waals surface area (Å²) in [7, 11) is 0. The molecule has 0 amide bonds. The minimum atomic E-state index is 0.0458. The molecule has 0 radical (unpaired) electrons. The van der Waals surface area contributed by atoms with Crippen LogP contribution in [0.5, 0.6) is 0 Å². The maximum atomic E-state index is 12.8. The van der Waals surface area contributed by atoms with Gasteiger partial charge in [-0.25, -0.2) is 0 Å². The lowest BCUT2D eigenvalue weighted by molar-refractivity contribution is -0.903. The monoisotopic (exact) mass is 395 g/mol. The van der Waals surface area contributed by atoms with Gasteiger partial charge in [0.05, 0.1) is 32.7 Å². The summed E-state index contributed by atoms with van der Waals surface area (Å²) in [4.78, 5) is 16.8. The van der Waals surface area contributed by atoms with Crippen LogP contribution in [0.3, 0.4) is 0 Å². The van der Waals surface area contributed by atoms with Crippen LogP contribution in [0, 0.1) is 23.2 Å². The molecule has 0 unspecified atom stereocenters. The Bertz CT molecular complexity index is 783. The average molecular weight is 396 g/mol. The van der Waals surface area contributed by atoms with Crippen molar-refractivity contribution in [1.29, 1.82) is 0 Å². The minimum absolute atomic E-state index is 0.0458. The van der Waals surface area contributed by atoms with Crippen LogP contribution >= 0.6 is 0 Å². The molecule has 5 atom stereocenters. The predicted molar refractivity (Wildman–Crippen MR) is 115 cm³/mol. The predicted octanol–water partition coefficient (Wildman–Crippen LogP) is 2.71. The van der Waals surface area contributed by atoms with Gasteiger partial charge in [0.1, 0.15) is 12.0 Å². The number of esters is 1. The Labute approximate surface area is 174 Å². The molecule has 1 saturated carbocycles. The first-order valence-corrected chi connectivity index (χ1v) is 11.6. The van der Waals surface area contributed by atoms with E-state index < -0.39 is 0 Å². The van der Waals surface area contributed by atoms with Crippen molar-refractivity contribution in [2.24, 2.45) is 23.2 Å². The van der Waals surface area contributed by atoms with E-state index in [1.54, 1.807) is 10.5 Å². The average Bonchev–Trinajstić information content (AvgIpc) is 3.01. The maximum Gasteiger partial charge on any atom is 0.315 e. The van der Waals surface area contributed by atoms with Gasteiger partial charge in [0.25, 0.3) is 0 Å². The lowest BCUT2D eigenvalue weighted by atomic mass is 9.59. The van der Waals surface area contributed by atoms with Crippen LogP contribution in [0.1, 0.15) is 39.5 Å². The number of carbonyl (C=O) groups excluding carboxylic acids is 1. The Kier molecular flexibility index (Phi) is 4.93. The Balaban J connectivity index is 1.27. The molecule has 3 fully saturated rings. The van der Waals surface area contributed by atoms with Crippen molar-refractivity contribution in [2.75, 3.05) is 37.6 Å².